The van der Waals surface area contributed by atoms with Gasteiger partial charge in [-0.1, -0.05) is 24.3 Å². The van der Waals surface area contributed by atoms with Gasteiger partial charge >= 0.3 is 6.09 Å². The van der Waals surface area contributed by atoms with Crippen molar-refractivity contribution in [3.8, 4) is 23.0 Å². The number of hydrogen-bond donors (Lipinski definition) is 0. The first-order valence-corrected chi connectivity index (χ1v) is 20.1. The normalized spacial score (nSPS) is 11.6. The molecule has 4 aromatic carbocycles. The van der Waals surface area contributed by atoms with Crippen molar-refractivity contribution in [3.63, 3.8) is 0 Å². The zero-order valence-electron chi connectivity index (χ0n) is 34.9. The van der Waals surface area contributed by atoms with Crippen molar-refractivity contribution < 1.29 is 38.0 Å². The number of carbonyl (C=O) groups is 1. The molecule has 0 atom stereocenters. The fraction of sp³-hybridized carbons (Fsp3) is 0.311. The monoisotopic (exact) mass is 825 g/mol. The lowest BCUT2D eigenvalue weighted by Gasteiger charge is -2.25. The van der Waals surface area contributed by atoms with Gasteiger partial charge in [0.25, 0.3) is 0 Å². The number of amides is 1. The van der Waals surface area contributed by atoms with Crippen LogP contribution in [0.3, 0.4) is 0 Å². The van der Waals surface area contributed by atoms with Crippen LogP contribution in [-0.2, 0) is 14.2 Å². The van der Waals surface area contributed by atoms with E-state index in [9.17, 15) is 4.79 Å². The van der Waals surface area contributed by atoms with Gasteiger partial charge in [0.1, 0.15) is 15.6 Å². The molecule has 0 bridgehead atoms. The molecule has 0 unspecified atom stereocenters. The van der Waals surface area contributed by atoms with Gasteiger partial charge in [-0.05, 0) is 130 Å². The maximum atomic E-state index is 12.5. The molecule has 1 amide bonds. The molecule has 0 aliphatic heterocycles. The highest BCUT2D eigenvalue weighted by Crippen LogP contribution is 2.34. The number of hydrogen-bond acceptors (Lipinski definition) is 12. The summed E-state index contributed by atoms with van der Waals surface area (Å²) in [6, 6.07) is 19.8. The molecular weight excluding hydrogens is 775 g/mol. The Bertz CT molecular complexity index is 2370. The predicted molar refractivity (Wildman–Crippen MR) is 237 cm³/mol. The van der Waals surface area contributed by atoms with Crippen molar-refractivity contribution in [1.82, 2.24) is 9.97 Å². The summed E-state index contributed by atoms with van der Waals surface area (Å²) in [7, 11) is 8.11. The number of nitrogens with zero attached hydrogens (tertiary/aromatic N) is 3. The van der Waals surface area contributed by atoms with Crippen molar-refractivity contribution >= 4 is 79.2 Å². The van der Waals surface area contributed by atoms with E-state index in [0.717, 1.165) is 48.1 Å². The Morgan fingerprint density at radius 1 is 0.638 bits per heavy atom. The molecule has 0 saturated heterocycles. The van der Waals surface area contributed by atoms with Gasteiger partial charge in [-0.25, -0.2) is 14.8 Å². The number of aromatic nitrogens is 2. The first-order chi connectivity index (χ1) is 27.7. The maximum Gasteiger partial charge on any atom is 0.414 e. The standard InChI is InChI=1S/C25H30N2O5S.C20H21NO3S/c1-16-12-18-22(14-19(16)27(5)24(28)32-25(2,3)4)33-23(26-18)11-9-17-8-10-20(31-15-29-6)21(13-17)30-7;1-13-9-16-19(10-14(13)2)25-20(21-16)8-6-15-5-7-17(24-12-22-3)18(11-15)23-4/h8-14H,15H2,1-7H3;5-11H,12H2,1-4H3/b11-9+;8-6+. The van der Waals surface area contributed by atoms with Gasteiger partial charge in [-0.2, -0.15) is 0 Å². The predicted octanol–water partition coefficient (Wildman–Crippen LogP) is 11.2. The van der Waals surface area contributed by atoms with Crippen LogP contribution in [0.5, 0.6) is 23.0 Å². The molecule has 13 heteroatoms. The average molecular weight is 826 g/mol. The van der Waals surface area contributed by atoms with Gasteiger partial charge in [0.2, 0.25) is 0 Å². The number of anilines is 1. The molecule has 0 fully saturated rings. The van der Waals surface area contributed by atoms with Crippen LogP contribution in [0.4, 0.5) is 10.5 Å². The molecule has 0 spiro atoms. The molecule has 6 rings (SSSR count). The van der Waals surface area contributed by atoms with Crippen molar-refractivity contribution in [3.05, 3.63) is 98.5 Å². The van der Waals surface area contributed by atoms with Crippen LogP contribution in [0.25, 0.3) is 44.7 Å². The molecule has 2 aromatic heterocycles. The van der Waals surface area contributed by atoms with Crippen molar-refractivity contribution in [2.45, 2.75) is 47.1 Å². The molecule has 0 N–H and O–H groups in total. The highest BCUT2D eigenvalue weighted by Gasteiger charge is 2.22. The van der Waals surface area contributed by atoms with Crippen LogP contribution in [0.2, 0.25) is 0 Å². The lowest BCUT2D eigenvalue weighted by Crippen LogP contribution is -2.34. The summed E-state index contributed by atoms with van der Waals surface area (Å²) >= 11 is 3.25. The van der Waals surface area contributed by atoms with E-state index in [1.807, 2.05) is 101 Å². The van der Waals surface area contributed by atoms with E-state index in [2.05, 4.69) is 31.0 Å². The number of aryl methyl sites for hydroxylation is 3. The van der Waals surface area contributed by atoms with Gasteiger partial charge in [0.15, 0.2) is 36.6 Å². The zero-order valence-corrected chi connectivity index (χ0v) is 36.6. The minimum Gasteiger partial charge on any atom is -0.493 e. The quantitative estimate of drug-likeness (QED) is 0.104. The Hall–Kier alpha value is -5.47. The summed E-state index contributed by atoms with van der Waals surface area (Å²) in [4.78, 5) is 23.4. The van der Waals surface area contributed by atoms with Gasteiger partial charge in [0, 0.05) is 21.3 Å². The number of carbonyl (C=O) groups excluding carboxylic acids is 1. The Morgan fingerprint density at radius 2 is 1.10 bits per heavy atom. The van der Waals surface area contributed by atoms with E-state index >= 15 is 0 Å². The average Bonchev–Trinajstić information content (AvgIpc) is 3.79. The first kappa shape index (κ1) is 43.6. The van der Waals surface area contributed by atoms with E-state index in [-0.39, 0.29) is 19.7 Å². The summed E-state index contributed by atoms with van der Waals surface area (Å²) in [6.45, 7) is 12.1. The molecule has 2 heterocycles. The summed E-state index contributed by atoms with van der Waals surface area (Å²) in [5, 5.41) is 1.85. The fourth-order valence-electron chi connectivity index (χ4n) is 5.61. The number of methoxy groups -OCH3 is 4. The zero-order chi connectivity index (χ0) is 42.0. The van der Waals surface area contributed by atoms with Gasteiger partial charge in [-0.15, -0.1) is 22.7 Å². The van der Waals surface area contributed by atoms with Crippen LogP contribution in [0.1, 0.15) is 58.6 Å². The molecular formula is C45H51N3O8S2. The van der Waals surface area contributed by atoms with Crippen molar-refractivity contribution in [2.75, 3.05) is 54.0 Å². The Kier molecular flexibility index (Phi) is 14.9. The van der Waals surface area contributed by atoms with E-state index < -0.39 is 5.60 Å². The summed E-state index contributed by atoms with van der Waals surface area (Å²) in [5.41, 5.74) is 7.68. The van der Waals surface area contributed by atoms with Crippen LogP contribution in [0.15, 0.2) is 60.7 Å². The van der Waals surface area contributed by atoms with Crippen LogP contribution in [-0.4, -0.2) is 70.7 Å². The van der Waals surface area contributed by atoms with E-state index in [4.69, 9.17) is 38.1 Å². The van der Waals surface area contributed by atoms with Gasteiger partial charge < -0.3 is 33.2 Å². The van der Waals surface area contributed by atoms with Crippen LogP contribution in [0, 0.1) is 20.8 Å². The first-order valence-electron chi connectivity index (χ1n) is 18.4. The third kappa shape index (κ3) is 11.6. The number of thiazole rings is 2. The van der Waals surface area contributed by atoms with E-state index in [0.29, 0.717) is 23.0 Å². The third-order valence-corrected chi connectivity index (χ3v) is 10.6. The van der Waals surface area contributed by atoms with Crippen molar-refractivity contribution in [2.24, 2.45) is 0 Å². The summed E-state index contributed by atoms with van der Waals surface area (Å²) < 4.78 is 39.4. The molecule has 11 nitrogen and oxygen atoms in total. The molecule has 0 saturated carbocycles. The highest BCUT2D eigenvalue weighted by molar-refractivity contribution is 7.19. The summed E-state index contributed by atoms with van der Waals surface area (Å²) in [6.07, 6.45) is 7.60. The highest BCUT2D eigenvalue weighted by atomic mass is 32.1. The Balaban J connectivity index is 0.000000229. The second-order valence-electron chi connectivity index (χ2n) is 14.2. The second kappa shape index (κ2) is 19.8. The lowest BCUT2D eigenvalue weighted by molar-refractivity contribution is 0.0490. The van der Waals surface area contributed by atoms with Gasteiger partial charge in [0.05, 0.1) is 40.3 Å². The second-order valence-corrected chi connectivity index (χ2v) is 16.4. The third-order valence-electron chi connectivity index (χ3n) is 8.65. The maximum absolute atomic E-state index is 12.5. The fourth-order valence-corrected chi connectivity index (χ4v) is 7.45. The number of benzene rings is 4. The minimum atomic E-state index is -0.553. The largest absolute Gasteiger partial charge is 0.493 e. The lowest BCUT2D eigenvalue weighted by atomic mass is 10.1. The Labute approximate surface area is 348 Å². The van der Waals surface area contributed by atoms with Crippen molar-refractivity contribution in [1.29, 1.82) is 0 Å². The SMILES string of the molecule is COCOc1ccc(/C=C/c2nc3cc(C)c(C)cc3s2)cc1OC.COCOc1ccc(/C=C/c2nc3cc(C)c(N(C)C(=O)OC(C)(C)C)cc3s2)cc1OC. The smallest absolute Gasteiger partial charge is 0.414 e. The molecule has 0 aliphatic carbocycles. The van der Waals surface area contributed by atoms with Crippen LogP contribution >= 0.6 is 22.7 Å². The summed E-state index contributed by atoms with van der Waals surface area (Å²) in [5.74, 6) is 2.58. The number of fused-ring (bicyclic) bond motifs is 2. The Morgan fingerprint density at radius 3 is 1.57 bits per heavy atom. The topological polar surface area (TPSA) is 111 Å². The molecule has 0 aliphatic rings. The molecule has 306 valence electrons. The molecule has 6 aromatic rings. The van der Waals surface area contributed by atoms with E-state index in [1.165, 1.54) is 20.7 Å². The molecule has 58 heavy (non-hydrogen) atoms. The number of ether oxygens (including phenoxy) is 7. The number of rotatable bonds is 13. The minimum absolute atomic E-state index is 0.155. The van der Waals surface area contributed by atoms with Gasteiger partial charge in [-0.3, -0.25) is 4.90 Å². The molecule has 0 radical (unpaired) electrons. The van der Waals surface area contributed by atoms with E-state index in [1.54, 1.807) is 58.2 Å². The van der Waals surface area contributed by atoms with Crippen LogP contribution < -0.4 is 23.8 Å².